The number of benzene rings is 1. The third-order valence-electron chi connectivity index (χ3n) is 1.52. The normalized spacial score (nSPS) is 11.3. The van der Waals surface area contributed by atoms with Crippen molar-refractivity contribution in [3.05, 3.63) is 29.8 Å². The Morgan fingerprint density at radius 3 is 2.29 bits per heavy atom. The van der Waals surface area contributed by atoms with Crippen molar-refractivity contribution in [3.8, 4) is 5.75 Å². The second-order valence-corrected chi connectivity index (χ2v) is 5.61. The minimum absolute atomic E-state index is 0.277. The van der Waals surface area contributed by atoms with Gasteiger partial charge in [-0.05, 0) is 17.7 Å². The number of rotatable bonds is 4. The Hall–Kier alpha value is -0.550. The lowest BCUT2D eigenvalue weighted by molar-refractivity contribution is 0.378. The van der Waals surface area contributed by atoms with Gasteiger partial charge in [0.2, 0.25) is 0 Å². The molecule has 0 heterocycles. The van der Waals surface area contributed by atoms with Crippen molar-refractivity contribution in [2.75, 3.05) is 12.2 Å². The second-order valence-electron chi connectivity index (χ2n) is 2.97. The van der Waals surface area contributed by atoms with Crippen LogP contribution in [0.4, 0.5) is 0 Å². The Balaban J connectivity index is 2.61. The molecule has 1 aromatic rings. The minimum atomic E-state index is -3.07. The second kappa shape index (κ2) is 4.79. The van der Waals surface area contributed by atoms with Crippen molar-refractivity contribution in [1.82, 2.24) is 0 Å². The quantitative estimate of drug-likeness (QED) is 0.791. The van der Waals surface area contributed by atoms with Crippen molar-refractivity contribution in [3.63, 3.8) is 0 Å². The van der Waals surface area contributed by atoms with Crippen molar-refractivity contribution in [2.45, 2.75) is 5.33 Å². The lowest BCUT2D eigenvalue weighted by atomic mass is 10.2. The maximum atomic E-state index is 10.8. The molecule has 1 aromatic carbocycles. The fourth-order valence-electron chi connectivity index (χ4n) is 0.850. The summed E-state index contributed by atoms with van der Waals surface area (Å²) in [7, 11) is -3.07. The van der Waals surface area contributed by atoms with E-state index in [2.05, 4.69) is 15.9 Å². The highest BCUT2D eigenvalue weighted by atomic mass is 79.9. The molecule has 0 saturated heterocycles. The van der Waals surface area contributed by atoms with Crippen molar-refractivity contribution in [2.24, 2.45) is 0 Å². The van der Waals surface area contributed by atoms with Gasteiger partial charge in [-0.25, -0.2) is 8.42 Å². The summed E-state index contributed by atoms with van der Waals surface area (Å²) in [5.41, 5.74) is 1.12. The van der Waals surface area contributed by atoms with Crippen LogP contribution in [0.3, 0.4) is 0 Å². The van der Waals surface area contributed by atoms with Crippen LogP contribution < -0.4 is 4.74 Å². The van der Waals surface area contributed by atoms with Gasteiger partial charge in [-0.2, -0.15) is 0 Å². The largest absolute Gasteiger partial charge is 0.478 e. The van der Waals surface area contributed by atoms with Gasteiger partial charge in [0.05, 0.1) is 0 Å². The fourth-order valence-corrected chi connectivity index (χ4v) is 1.57. The molecule has 0 saturated carbocycles. The van der Waals surface area contributed by atoms with E-state index in [0.717, 1.165) is 17.1 Å². The summed E-state index contributed by atoms with van der Waals surface area (Å²) in [6.45, 7) is 0. The molecule has 0 fully saturated rings. The molecule has 0 radical (unpaired) electrons. The van der Waals surface area contributed by atoms with Gasteiger partial charge < -0.3 is 4.74 Å². The summed E-state index contributed by atoms with van der Waals surface area (Å²) in [6, 6.07) is 7.27. The first-order chi connectivity index (χ1) is 6.51. The zero-order valence-corrected chi connectivity index (χ0v) is 10.1. The topological polar surface area (TPSA) is 43.4 Å². The molecule has 0 amide bonds. The molecule has 0 aliphatic carbocycles. The molecule has 0 spiro atoms. The Morgan fingerprint density at radius 2 is 1.86 bits per heavy atom. The number of alkyl halides is 1. The molecule has 3 nitrogen and oxygen atoms in total. The third kappa shape index (κ3) is 4.11. The Kier molecular flexibility index (Phi) is 3.95. The van der Waals surface area contributed by atoms with E-state index in [4.69, 9.17) is 4.74 Å². The minimum Gasteiger partial charge on any atom is -0.478 e. The van der Waals surface area contributed by atoms with E-state index in [1.807, 2.05) is 12.1 Å². The number of ether oxygens (including phenoxy) is 1. The van der Waals surface area contributed by atoms with Gasteiger partial charge in [-0.3, -0.25) is 0 Å². The third-order valence-corrected chi connectivity index (χ3v) is 2.71. The Morgan fingerprint density at radius 1 is 1.29 bits per heavy atom. The van der Waals surface area contributed by atoms with Crippen LogP contribution in [0.5, 0.6) is 5.75 Å². The van der Waals surface area contributed by atoms with Crippen LogP contribution >= 0.6 is 15.9 Å². The summed E-state index contributed by atoms with van der Waals surface area (Å²) < 4.78 is 26.7. The highest BCUT2D eigenvalue weighted by Gasteiger charge is 2.02. The van der Waals surface area contributed by atoms with Crippen molar-refractivity contribution >= 4 is 25.8 Å². The average molecular weight is 279 g/mol. The SMILES string of the molecule is CS(=O)(=O)COc1ccc(CBr)cc1. The molecule has 0 aliphatic rings. The maximum absolute atomic E-state index is 10.8. The molecular weight excluding hydrogens is 268 g/mol. The van der Waals surface area contributed by atoms with E-state index in [9.17, 15) is 8.42 Å². The standard InChI is InChI=1S/C9H11BrO3S/c1-14(11,12)7-13-9-4-2-8(6-10)3-5-9/h2-5H,6-7H2,1H3. The molecule has 0 aromatic heterocycles. The maximum Gasteiger partial charge on any atom is 0.188 e. The van der Waals surface area contributed by atoms with Gasteiger partial charge in [-0.15, -0.1) is 0 Å². The van der Waals surface area contributed by atoms with E-state index in [0.29, 0.717) is 5.75 Å². The monoisotopic (exact) mass is 278 g/mol. The smallest absolute Gasteiger partial charge is 0.188 e. The molecule has 5 heteroatoms. The van der Waals surface area contributed by atoms with Crippen LogP contribution in [0, 0.1) is 0 Å². The van der Waals surface area contributed by atoms with E-state index >= 15 is 0 Å². The number of hydrogen-bond acceptors (Lipinski definition) is 3. The molecule has 78 valence electrons. The van der Waals surface area contributed by atoms with Crippen molar-refractivity contribution < 1.29 is 13.2 Å². The summed E-state index contributed by atoms with van der Waals surface area (Å²) in [4.78, 5) is 0. The van der Waals surface area contributed by atoms with Gasteiger partial charge in [0, 0.05) is 11.6 Å². The lowest BCUT2D eigenvalue weighted by Crippen LogP contribution is -2.09. The highest BCUT2D eigenvalue weighted by Crippen LogP contribution is 2.14. The summed E-state index contributed by atoms with van der Waals surface area (Å²) in [6.07, 6.45) is 1.14. The van der Waals surface area contributed by atoms with E-state index in [1.165, 1.54) is 0 Å². The van der Waals surface area contributed by atoms with Crippen molar-refractivity contribution in [1.29, 1.82) is 0 Å². The van der Waals surface area contributed by atoms with Gasteiger partial charge in [0.25, 0.3) is 0 Å². The van der Waals surface area contributed by atoms with Crippen LogP contribution in [-0.2, 0) is 15.2 Å². The van der Waals surface area contributed by atoms with Gasteiger partial charge in [-0.1, -0.05) is 28.1 Å². The first-order valence-corrected chi connectivity index (χ1v) is 7.15. The summed E-state index contributed by atoms with van der Waals surface area (Å²) in [5, 5.41) is 0.777. The Labute approximate surface area is 92.1 Å². The molecule has 0 N–H and O–H groups in total. The van der Waals surface area contributed by atoms with Crippen LogP contribution in [0.15, 0.2) is 24.3 Å². The van der Waals surface area contributed by atoms with Gasteiger partial charge >= 0.3 is 0 Å². The first kappa shape index (κ1) is 11.5. The number of sulfone groups is 1. The van der Waals surface area contributed by atoms with E-state index in [1.54, 1.807) is 12.1 Å². The number of halogens is 1. The van der Waals surface area contributed by atoms with Gasteiger partial charge in [0.1, 0.15) is 5.75 Å². The highest BCUT2D eigenvalue weighted by molar-refractivity contribution is 9.08. The summed E-state index contributed by atoms with van der Waals surface area (Å²) in [5.74, 6) is 0.292. The lowest BCUT2D eigenvalue weighted by Gasteiger charge is -2.04. The fraction of sp³-hybridized carbons (Fsp3) is 0.333. The van der Waals surface area contributed by atoms with E-state index < -0.39 is 9.84 Å². The zero-order chi connectivity index (χ0) is 10.6. The molecule has 0 aliphatic heterocycles. The van der Waals surface area contributed by atoms with Crippen LogP contribution in [0.1, 0.15) is 5.56 Å². The first-order valence-electron chi connectivity index (χ1n) is 3.97. The molecule has 1 rings (SSSR count). The van der Waals surface area contributed by atoms with Crippen LogP contribution in [-0.4, -0.2) is 20.6 Å². The predicted molar refractivity (Wildman–Crippen MR) is 59.4 cm³/mol. The molecular formula is C9H11BrO3S. The van der Waals surface area contributed by atoms with E-state index in [-0.39, 0.29) is 5.94 Å². The summed E-state index contributed by atoms with van der Waals surface area (Å²) >= 11 is 3.32. The molecule has 0 bridgehead atoms. The predicted octanol–water partition coefficient (Wildman–Crippen LogP) is 1.96. The average Bonchev–Trinajstić information content (AvgIpc) is 2.14. The van der Waals surface area contributed by atoms with Crippen LogP contribution in [0.2, 0.25) is 0 Å². The van der Waals surface area contributed by atoms with Crippen LogP contribution in [0.25, 0.3) is 0 Å². The number of hydrogen-bond donors (Lipinski definition) is 0. The molecule has 0 atom stereocenters. The molecule has 14 heavy (non-hydrogen) atoms. The zero-order valence-electron chi connectivity index (χ0n) is 7.73. The Bertz CT molecular complexity index is 383. The molecule has 0 unspecified atom stereocenters. The van der Waals surface area contributed by atoms with Gasteiger partial charge in [0.15, 0.2) is 15.8 Å².